The van der Waals surface area contributed by atoms with Gasteiger partial charge in [0.1, 0.15) is 0 Å². The number of allylic oxidation sites excluding steroid dienone is 3. The first-order chi connectivity index (χ1) is 5.59. The van der Waals surface area contributed by atoms with Crippen molar-refractivity contribution in [2.24, 2.45) is 11.3 Å². The van der Waals surface area contributed by atoms with Crippen LogP contribution in [0.4, 0.5) is 0 Å². The third-order valence-corrected chi connectivity index (χ3v) is 3.29. The molecule has 1 rings (SSSR count). The van der Waals surface area contributed by atoms with Gasteiger partial charge in [-0.15, -0.1) is 5.73 Å². The molecule has 0 aromatic rings. The SMILES string of the molecule is C=C=CCC1CC=C(C)C1(C)C. The highest BCUT2D eigenvalue weighted by molar-refractivity contribution is 5.18. The summed E-state index contributed by atoms with van der Waals surface area (Å²) in [5, 5.41) is 0. The molecule has 1 aliphatic carbocycles. The fraction of sp³-hybridized carbons (Fsp3) is 0.583. The molecule has 0 fully saturated rings. The molecule has 66 valence electrons. The zero-order valence-electron chi connectivity index (χ0n) is 8.35. The summed E-state index contributed by atoms with van der Waals surface area (Å²) in [5.41, 5.74) is 4.76. The third kappa shape index (κ3) is 1.54. The van der Waals surface area contributed by atoms with Crippen LogP contribution in [0.3, 0.4) is 0 Å². The van der Waals surface area contributed by atoms with Crippen molar-refractivity contribution in [1.82, 2.24) is 0 Å². The normalized spacial score (nSPS) is 26.2. The molecule has 0 N–H and O–H groups in total. The number of rotatable bonds is 2. The van der Waals surface area contributed by atoms with Crippen LogP contribution in [-0.2, 0) is 0 Å². The topological polar surface area (TPSA) is 0 Å². The van der Waals surface area contributed by atoms with E-state index in [2.05, 4.69) is 45.2 Å². The van der Waals surface area contributed by atoms with Gasteiger partial charge in [0.25, 0.3) is 0 Å². The molecule has 0 nitrogen and oxygen atoms in total. The molecule has 1 atom stereocenters. The van der Waals surface area contributed by atoms with Gasteiger partial charge in [-0.3, -0.25) is 0 Å². The Bertz CT molecular complexity index is 237. The van der Waals surface area contributed by atoms with E-state index in [0.717, 1.165) is 12.3 Å². The van der Waals surface area contributed by atoms with Gasteiger partial charge in [-0.2, -0.15) is 0 Å². The second kappa shape index (κ2) is 3.33. The van der Waals surface area contributed by atoms with E-state index in [0.29, 0.717) is 5.41 Å². The molecular weight excluding hydrogens is 144 g/mol. The van der Waals surface area contributed by atoms with Crippen molar-refractivity contribution in [3.8, 4) is 0 Å². The van der Waals surface area contributed by atoms with Crippen LogP contribution in [0.25, 0.3) is 0 Å². The first kappa shape index (κ1) is 9.35. The van der Waals surface area contributed by atoms with Gasteiger partial charge in [0.05, 0.1) is 0 Å². The van der Waals surface area contributed by atoms with Gasteiger partial charge >= 0.3 is 0 Å². The Balaban J connectivity index is 2.67. The summed E-state index contributed by atoms with van der Waals surface area (Å²) < 4.78 is 0. The van der Waals surface area contributed by atoms with E-state index >= 15 is 0 Å². The van der Waals surface area contributed by atoms with Crippen LogP contribution in [0.1, 0.15) is 33.6 Å². The molecule has 0 aliphatic heterocycles. The van der Waals surface area contributed by atoms with Crippen LogP contribution in [0.5, 0.6) is 0 Å². The second-order valence-corrected chi connectivity index (χ2v) is 4.19. The Morgan fingerprint density at radius 2 is 2.42 bits per heavy atom. The fourth-order valence-corrected chi connectivity index (χ4v) is 1.82. The minimum absolute atomic E-state index is 0.382. The highest BCUT2D eigenvalue weighted by Gasteiger charge is 2.33. The minimum atomic E-state index is 0.382. The van der Waals surface area contributed by atoms with Crippen LogP contribution in [0.2, 0.25) is 0 Å². The van der Waals surface area contributed by atoms with Crippen molar-refractivity contribution in [3.05, 3.63) is 30.0 Å². The van der Waals surface area contributed by atoms with E-state index in [1.54, 1.807) is 0 Å². The van der Waals surface area contributed by atoms with Crippen molar-refractivity contribution in [2.75, 3.05) is 0 Å². The maximum absolute atomic E-state index is 3.59. The standard InChI is InChI=1S/C12H18/c1-5-6-7-11-9-8-10(2)12(11,3)4/h6,8,11H,1,7,9H2,2-4H3. The van der Waals surface area contributed by atoms with Gasteiger partial charge in [-0.25, -0.2) is 0 Å². The molecule has 0 amide bonds. The summed E-state index contributed by atoms with van der Waals surface area (Å²) in [6.07, 6.45) is 6.75. The Kier molecular flexibility index (Phi) is 2.59. The summed E-state index contributed by atoms with van der Waals surface area (Å²) in [6, 6.07) is 0. The molecule has 0 heteroatoms. The average molecular weight is 162 g/mol. The Morgan fingerprint density at radius 3 is 2.83 bits per heavy atom. The van der Waals surface area contributed by atoms with Crippen molar-refractivity contribution in [3.63, 3.8) is 0 Å². The predicted octanol–water partition coefficient (Wildman–Crippen LogP) is 3.71. The lowest BCUT2D eigenvalue weighted by molar-refractivity contribution is 0.295. The maximum Gasteiger partial charge on any atom is -0.0113 e. The highest BCUT2D eigenvalue weighted by Crippen LogP contribution is 2.44. The van der Waals surface area contributed by atoms with Crippen molar-refractivity contribution in [2.45, 2.75) is 33.6 Å². The maximum atomic E-state index is 3.59. The minimum Gasteiger partial charge on any atom is -0.133 e. The van der Waals surface area contributed by atoms with Crippen molar-refractivity contribution < 1.29 is 0 Å². The Morgan fingerprint density at radius 1 is 1.75 bits per heavy atom. The lowest BCUT2D eigenvalue weighted by Crippen LogP contribution is -2.19. The van der Waals surface area contributed by atoms with Crippen molar-refractivity contribution in [1.29, 1.82) is 0 Å². The van der Waals surface area contributed by atoms with Gasteiger partial charge in [-0.05, 0) is 37.2 Å². The molecule has 0 saturated carbocycles. The highest BCUT2D eigenvalue weighted by atomic mass is 14.4. The van der Waals surface area contributed by atoms with Crippen LogP contribution in [0, 0.1) is 11.3 Å². The smallest absolute Gasteiger partial charge is 0.0113 e. The van der Waals surface area contributed by atoms with Crippen LogP contribution < -0.4 is 0 Å². The van der Waals surface area contributed by atoms with E-state index in [1.807, 2.05) is 0 Å². The molecule has 0 spiro atoms. The fourth-order valence-electron chi connectivity index (χ4n) is 1.82. The molecular formula is C12H18. The predicted molar refractivity (Wildman–Crippen MR) is 54.0 cm³/mol. The molecule has 12 heavy (non-hydrogen) atoms. The lowest BCUT2D eigenvalue weighted by Gasteiger charge is -2.28. The van der Waals surface area contributed by atoms with Gasteiger partial charge in [0, 0.05) is 0 Å². The molecule has 0 heterocycles. The Hall–Kier alpha value is -0.740. The largest absolute Gasteiger partial charge is 0.133 e. The third-order valence-electron chi connectivity index (χ3n) is 3.29. The summed E-state index contributed by atoms with van der Waals surface area (Å²) in [5.74, 6) is 0.756. The van der Waals surface area contributed by atoms with Crippen molar-refractivity contribution >= 4 is 0 Å². The first-order valence-corrected chi connectivity index (χ1v) is 4.60. The summed E-state index contributed by atoms with van der Waals surface area (Å²) in [7, 11) is 0. The molecule has 0 aromatic heterocycles. The quantitative estimate of drug-likeness (QED) is 0.429. The number of hydrogen-bond donors (Lipinski definition) is 0. The van der Waals surface area contributed by atoms with E-state index in [9.17, 15) is 0 Å². The molecule has 1 unspecified atom stereocenters. The van der Waals surface area contributed by atoms with E-state index < -0.39 is 0 Å². The summed E-state index contributed by atoms with van der Waals surface area (Å²) >= 11 is 0. The van der Waals surface area contributed by atoms with Gasteiger partial charge in [0.15, 0.2) is 0 Å². The summed E-state index contributed by atoms with van der Waals surface area (Å²) in [6.45, 7) is 10.5. The molecule has 0 saturated heterocycles. The number of hydrogen-bond acceptors (Lipinski definition) is 0. The second-order valence-electron chi connectivity index (χ2n) is 4.19. The van der Waals surface area contributed by atoms with Gasteiger partial charge < -0.3 is 0 Å². The van der Waals surface area contributed by atoms with Crippen LogP contribution >= 0.6 is 0 Å². The van der Waals surface area contributed by atoms with Gasteiger partial charge in [0.2, 0.25) is 0 Å². The molecule has 0 aromatic carbocycles. The van der Waals surface area contributed by atoms with E-state index in [4.69, 9.17) is 0 Å². The lowest BCUT2D eigenvalue weighted by atomic mass is 9.76. The Labute approximate surface area is 75.7 Å². The summed E-state index contributed by atoms with van der Waals surface area (Å²) in [4.78, 5) is 0. The van der Waals surface area contributed by atoms with E-state index in [-0.39, 0.29) is 0 Å². The average Bonchev–Trinajstić information content (AvgIpc) is 2.25. The van der Waals surface area contributed by atoms with E-state index in [1.165, 1.54) is 12.0 Å². The molecule has 1 aliphatic rings. The zero-order valence-corrected chi connectivity index (χ0v) is 8.35. The molecule has 0 bridgehead atoms. The molecule has 0 radical (unpaired) electrons. The monoisotopic (exact) mass is 162 g/mol. The van der Waals surface area contributed by atoms with Crippen LogP contribution in [0.15, 0.2) is 30.0 Å². The van der Waals surface area contributed by atoms with Gasteiger partial charge in [-0.1, -0.05) is 32.1 Å². The van der Waals surface area contributed by atoms with Crippen LogP contribution in [-0.4, -0.2) is 0 Å². The zero-order chi connectivity index (χ0) is 9.19. The first-order valence-electron chi connectivity index (χ1n) is 4.60.